The molecule has 0 bridgehead atoms. The van der Waals surface area contributed by atoms with E-state index in [0.29, 0.717) is 18.9 Å². The molecule has 7 heteroatoms. The van der Waals surface area contributed by atoms with Crippen LogP contribution in [0, 0.1) is 0 Å². The van der Waals surface area contributed by atoms with E-state index in [2.05, 4.69) is 4.98 Å². The van der Waals surface area contributed by atoms with Crippen molar-refractivity contribution in [2.75, 3.05) is 24.6 Å². The van der Waals surface area contributed by atoms with Gasteiger partial charge in [0.1, 0.15) is 5.82 Å². The second-order valence-corrected chi connectivity index (χ2v) is 4.89. The predicted molar refractivity (Wildman–Crippen MR) is 69.8 cm³/mol. The van der Waals surface area contributed by atoms with Crippen molar-refractivity contribution in [2.45, 2.75) is 19.1 Å². The van der Waals surface area contributed by atoms with Gasteiger partial charge in [0.15, 0.2) is 0 Å². The lowest BCUT2D eigenvalue weighted by Gasteiger charge is -2.36. The Bertz CT molecular complexity index is 483. The van der Waals surface area contributed by atoms with Crippen LogP contribution in [0.1, 0.15) is 17.3 Å². The number of pyridine rings is 1. The molecule has 2 heterocycles. The third-order valence-corrected chi connectivity index (χ3v) is 3.23. The molecular formula is C12H15ClN2O4. The normalized spacial score (nSPS) is 23.4. The summed E-state index contributed by atoms with van der Waals surface area (Å²) >= 11 is 5.79. The molecule has 1 fully saturated rings. The third-order valence-electron chi connectivity index (χ3n) is 2.93. The van der Waals surface area contributed by atoms with Crippen molar-refractivity contribution in [3.8, 4) is 0 Å². The van der Waals surface area contributed by atoms with E-state index < -0.39 is 5.97 Å². The molecule has 1 aromatic rings. The Kier molecular flexibility index (Phi) is 4.24. The molecule has 19 heavy (non-hydrogen) atoms. The summed E-state index contributed by atoms with van der Waals surface area (Å²) in [7, 11) is 0. The zero-order chi connectivity index (χ0) is 14.0. The maximum absolute atomic E-state index is 11.0. The van der Waals surface area contributed by atoms with Gasteiger partial charge in [-0.2, -0.15) is 0 Å². The molecule has 0 aromatic carbocycles. The van der Waals surface area contributed by atoms with E-state index >= 15 is 0 Å². The Morgan fingerprint density at radius 1 is 1.63 bits per heavy atom. The van der Waals surface area contributed by atoms with Crippen LogP contribution in [0.5, 0.6) is 0 Å². The molecule has 104 valence electrons. The number of nitrogens with zero attached hydrogens (tertiary/aromatic N) is 2. The Hall–Kier alpha value is -1.37. The number of carboxylic acid groups (broad SMARTS) is 1. The molecule has 2 rings (SSSR count). The van der Waals surface area contributed by atoms with E-state index in [9.17, 15) is 9.90 Å². The molecular weight excluding hydrogens is 272 g/mol. The maximum atomic E-state index is 11.0. The van der Waals surface area contributed by atoms with E-state index in [0.717, 1.165) is 0 Å². The molecule has 0 radical (unpaired) electrons. The van der Waals surface area contributed by atoms with Crippen LogP contribution in [0.3, 0.4) is 0 Å². The first-order valence-corrected chi connectivity index (χ1v) is 6.29. The molecule has 0 amide bonds. The quantitative estimate of drug-likeness (QED) is 0.863. The largest absolute Gasteiger partial charge is 0.478 e. The van der Waals surface area contributed by atoms with Gasteiger partial charge in [-0.15, -0.1) is 0 Å². The summed E-state index contributed by atoms with van der Waals surface area (Å²) in [4.78, 5) is 17.1. The summed E-state index contributed by atoms with van der Waals surface area (Å²) in [6.45, 7) is 2.86. The number of rotatable bonds is 3. The lowest BCUT2D eigenvalue weighted by Crippen LogP contribution is -2.48. The van der Waals surface area contributed by atoms with Crippen LogP contribution in [0.4, 0.5) is 5.82 Å². The number of anilines is 1. The summed E-state index contributed by atoms with van der Waals surface area (Å²) in [5, 5.41) is 18.3. The average Bonchev–Trinajstić information content (AvgIpc) is 2.38. The number of morpholine rings is 1. The van der Waals surface area contributed by atoms with Crippen molar-refractivity contribution in [3.63, 3.8) is 0 Å². The van der Waals surface area contributed by atoms with Crippen LogP contribution in [-0.4, -0.2) is 53.1 Å². The van der Waals surface area contributed by atoms with Gasteiger partial charge in [-0.3, -0.25) is 0 Å². The summed E-state index contributed by atoms with van der Waals surface area (Å²) in [6.07, 6.45) is 0.972. The second-order valence-electron chi connectivity index (χ2n) is 4.48. The van der Waals surface area contributed by atoms with Crippen LogP contribution in [-0.2, 0) is 4.74 Å². The number of hydrogen-bond donors (Lipinski definition) is 2. The van der Waals surface area contributed by atoms with Crippen LogP contribution in [0.2, 0.25) is 5.02 Å². The zero-order valence-electron chi connectivity index (χ0n) is 10.4. The highest BCUT2D eigenvalue weighted by Crippen LogP contribution is 2.23. The number of aliphatic hydroxyl groups excluding tert-OH is 1. The fourth-order valence-corrected chi connectivity index (χ4v) is 2.28. The molecule has 0 saturated carbocycles. The van der Waals surface area contributed by atoms with Crippen LogP contribution in [0.15, 0.2) is 12.3 Å². The molecule has 2 N–H and O–H groups in total. The number of carbonyl (C=O) groups is 1. The van der Waals surface area contributed by atoms with Gasteiger partial charge in [0, 0.05) is 19.3 Å². The number of hydrogen-bond acceptors (Lipinski definition) is 5. The Morgan fingerprint density at radius 3 is 3.00 bits per heavy atom. The van der Waals surface area contributed by atoms with Crippen molar-refractivity contribution < 1.29 is 19.7 Å². The van der Waals surface area contributed by atoms with Crippen molar-refractivity contribution in [1.82, 2.24) is 4.98 Å². The first kappa shape index (κ1) is 14.0. The molecule has 2 atom stereocenters. The van der Waals surface area contributed by atoms with Gasteiger partial charge in [0.25, 0.3) is 0 Å². The van der Waals surface area contributed by atoms with E-state index in [4.69, 9.17) is 21.4 Å². The van der Waals surface area contributed by atoms with Crippen molar-refractivity contribution in [3.05, 3.63) is 22.8 Å². The Morgan fingerprint density at radius 2 is 2.37 bits per heavy atom. The lowest BCUT2D eigenvalue weighted by molar-refractivity contribution is -0.0423. The van der Waals surface area contributed by atoms with Crippen LogP contribution < -0.4 is 4.90 Å². The molecule has 1 aliphatic rings. The van der Waals surface area contributed by atoms with Crippen molar-refractivity contribution >= 4 is 23.4 Å². The van der Waals surface area contributed by atoms with Gasteiger partial charge in [0.05, 0.1) is 29.4 Å². The lowest BCUT2D eigenvalue weighted by atomic mass is 10.2. The second kappa shape index (κ2) is 5.73. The smallest absolute Gasteiger partial charge is 0.337 e. The summed E-state index contributed by atoms with van der Waals surface area (Å²) in [5.74, 6) is -0.566. The van der Waals surface area contributed by atoms with Gasteiger partial charge in [-0.05, 0) is 13.0 Å². The zero-order valence-corrected chi connectivity index (χ0v) is 11.2. The van der Waals surface area contributed by atoms with E-state index in [-0.39, 0.29) is 29.4 Å². The highest BCUT2D eigenvalue weighted by molar-refractivity contribution is 6.33. The van der Waals surface area contributed by atoms with Gasteiger partial charge in [0.2, 0.25) is 0 Å². The monoisotopic (exact) mass is 286 g/mol. The van der Waals surface area contributed by atoms with E-state index in [1.807, 2.05) is 11.8 Å². The maximum Gasteiger partial charge on any atom is 0.337 e. The molecule has 1 aliphatic heterocycles. The number of aliphatic hydroxyl groups is 1. The number of carboxylic acids is 1. The van der Waals surface area contributed by atoms with Crippen molar-refractivity contribution in [1.29, 1.82) is 0 Å². The van der Waals surface area contributed by atoms with Crippen molar-refractivity contribution in [2.24, 2.45) is 0 Å². The van der Waals surface area contributed by atoms with Gasteiger partial charge < -0.3 is 19.8 Å². The number of aromatic nitrogens is 1. The Balaban J connectivity index is 2.26. The number of halogens is 1. The highest BCUT2D eigenvalue weighted by Gasteiger charge is 2.26. The molecule has 2 unspecified atom stereocenters. The van der Waals surface area contributed by atoms with Crippen LogP contribution in [0.25, 0.3) is 0 Å². The molecule has 6 nitrogen and oxygen atoms in total. The van der Waals surface area contributed by atoms with Gasteiger partial charge >= 0.3 is 5.97 Å². The summed E-state index contributed by atoms with van der Waals surface area (Å²) in [6, 6.07) is 1.44. The average molecular weight is 287 g/mol. The molecule has 1 aromatic heterocycles. The van der Waals surface area contributed by atoms with E-state index in [1.165, 1.54) is 12.3 Å². The molecule has 0 aliphatic carbocycles. The Labute approximate surface area is 115 Å². The fraction of sp³-hybridized carbons (Fsp3) is 0.500. The van der Waals surface area contributed by atoms with Crippen LogP contribution >= 0.6 is 11.6 Å². The fourth-order valence-electron chi connectivity index (χ4n) is 2.10. The number of aromatic carboxylic acids is 1. The highest BCUT2D eigenvalue weighted by atomic mass is 35.5. The first-order valence-electron chi connectivity index (χ1n) is 5.91. The topological polar surface area (TPSA) is 82.9 Å². The SMILES string of the molecule is CC1CN(c2cc(C(=O)O)c(Cl)cn2)CC(CO)O1. The predicted octanol–water partition coefficient (Wildman–Crippen LogP) is 1.02. The first-order chi connectivity index (χ1) is 9.01. The van der Waals surface area contributed by atoms with Gasteiger partial charge in [-0.1, -0.05) is 11.6 Å². The molecule has 0 spiro atoms. The number of ether oxygens (including phenoxy) is 1. The third kappa shape index (κ3) is 3.15. The minimum absolute atomic E-state index is 0.0198. The van der Waals surface area contributed by atoms with Gasteiger partial charge in [-0.25, -0.2) is 9.78 Å². The minimum atomic E-state index is -1.09. The van der Waals surface area contributed by atoms with E-state index in [1.54, 1.807) is 0 Å². The summed E-state index contributed by atoms with van der Waals surface area (Å²) < 4.78 is 5.53. The minimum Gasteiger partial charge on any atom is -0.478 e. The standard InChI is InChI=1S/C12H15ClN2O4/c1-7-4-15(5-8(6-16)19-7)11-2-9(12(17)18)10(13)3-14-11/h2-3,7-8,16H,4-6H2,1H3,(H,17,18). The molecule has 1 saturated heterocycles. The summed E-state index contributed by atoms with van der Waals surface area (Å²) in [5.41, 5.74) is 0.0198.